The van der Waals surface area contributed by atoms with Gasteiger partial charge in [-0.2, -0.15) is 0 Å². The second-order valence-electron chi connectivity index (χ2n) is 3.60. The highest BCUT2D eigenvalue weighted by molar-refractivity contribution is 5.74. The summed E-state index contributed by atoms with van der Waals surface area (Å²) in [6.45, 7) is -0.186. The molecule has 1 aromatic carbocycles. The number of carbonyl (C=O) groups is 2. The van der Waals surface area contributed by atoms with Crippen molar-refractivity contribution in [2.45, 2.75) is 12.5 Å². The molecular weight excluding hydrogens is 224 g/mol. The fraction of sp³-hybridized carbons (Fsp3) is 0.273. The average molecular weight is 238 g/mol. The Bertz CT molecular complexity index is 420. The van der Waals surface area contributed by atoms with Crippen molar-refractivity contribution >= 4 is 17.6 Å². The zero-order valence-corrected chi connectivity index (χ0v) is 9.09. The van der Waals surface area contributed by atoms with Gasteiger partial charge in [-0.05, 0) is 24.1 Å². The highest BCUT2D eigenvalue weighted by Crippen LogP contribution is 2.11. The number of hydrogen-bond acceptors (Lipinski definition) is 4. The summed E-state index contributed by atoms with van der Waals surface area (Å²) >= 11 is 0. The van der Waals surface area contributed by atoms with Crippen molar-refractivity contribution in [3.8, 4) is 0 Å². The number of rotatable bonds is 6. The van der Waals surface area contributed by atoms with E-state index in [0.717, 1.165) is 5.56 Å². The predicted octanol–water partition coefficient (Wildman–Crippen LogP) is 0.137. The molecular formula is C11H14N2O4. The Balaban J connectivity index is 2.65. The topological polar surface area (TPSA) is 113 Å². The number of nitrogens with two attached hydrogens (primary N) is 1. The SMILES string of the molecule is N[C@@H](Cc1cccc(NCC(=O)O)c1)C(=O)O. The van der Waals surface area contributed by atoms with Crippen molar-refractivity contribution in [1.82, 2.24) is 0 Å². The summed E-state index contributed by atoms with van der Waals surface area (Å²) in [5.74, 6) is -2.02. The molecule has 92 valence electrons. The fourth-order valence-electron chi connectivity index (χ4n) is 1.33. The third kappa shape index (κ3) is 4.52. The second-order valence-corrected chi connectivity index (χ2v) is 3.60. The molecule has 0 aliphatic rings. The van der Waals surface area contributed by atoms with Crippen LogP contribution in [0, 0.1) is 0 Å². The maximum absolute atomic E-state index is 10.6. The molecule has 0 unspecified atom stereocenters. The Kier molecular flexibility index (Phi) is 4.47. The van der Waals surface area contributed by atoms with Gasteiger partial charge < -0.3 is 21.3 Å². The molecule has 1 rings (SSSR count). The molecule has 5 N–H and O–H groups in total. The number of nitrogens with one attached hydrogen (secondary N) is 1. The van der Waals surface area contributed by atoms with Crippen LogP contribution in [0.5, 0.6) is 0 Å². The third-order valence-electron chi connectivity index (χ3n) is 2.14. The van der Waals surface area contributed by atoms with Crippen LogP contribution in [0.25, 0.3) is 0 Å². The van der Waals surface area contributed by atoms with E-state index in [0.29, 0.717) is 5.69 Å². The molecule has 0 saturated heterocycles. The summed E-state index contributed by atoms with van der Waals surface area (Å²) in [7, 11) is 0. The summed E-state index contributed by atoms with van der Waals surface area (Å²) in [5.41, 5.74) is 6.78. The van der Waals surface area contributed by atoms with E-state index < -0.39 is 18.0 Å². The molecule has 1 aromatic rings. The third-order valence-corrected chi connectivity index (χ3v) is 2.14. The maximum atomic E-state index is 10.6. The molecule has 17 heavy (non-hydrogen) atoms. The van der Waals surface area contributed by atoms with Crippen LogP contribution in [0.3, 0.4) is 0 Å². The number of carboxylic acid groups (broad SMARTS) is 2. The number of hydrogen-bond donors (Lipinski definition) is 4. The largest absolute Gasteiger partial charge is 0.480 e. The standard InChI is InChI=1S/C11H14N2O4/c12-9(11(16)17)5-7-2-1-3-8(4-7)13-6-10(14)15/h1-4,9,13H,5-6,12H2,(H,14,15)(H,16,17)/t9-/m0/s1. The zero-order valence-electron chi connectivity index (χ0n) is 9.09. The number of carboxylic acids is 2. The molecule has 0 bridgehead atoms. The predicted molar refractivity (Wildman–Crippen MR) is 61.9 cm³/mol. The van der Waals surface area contributed by atoms with Crippen molar-refractivity contribution in [3.63, 3.8) is 0 Å². The second kappa shape index (κ2) is 5.86. The van der Waals surface area contributed by atoms with Gasteiger partial charge >= 0.3 is 11.9 Å². The molecule has 0 amide bonds. The van der Waals surface area contributed by atoms with E-state index in [1.54, 1.807) is 24.3 Å². The van der Waals surface area contributed by atoms with Gasteiger partial charge in [0.15, 0.2) is 0 Å². The molecule has 0 radical (unpaired) electrons. The molecule has 6 nitrogen and oxygen atoms in total. The van der Waals surface area contributed by atoms with Crippen molar-refractivity contribution in [2.24, 2.45) is 5.73 Å². The Morgan fingerprint density at radius 2 is 2.06 bits per heavy atom. The van der Waals surface area contributed by atoms with Gasteiger partial charge in [-0.3, -0.25) is 9.59 Å². The Morgan fingerprint density at radius 1 is 1.35 bits per heavy atom. The first-order valence-electron chi connectivity index (χ1n) is 5.02. The Hall–Kier alpha value is -2.08. The lowest BCUT2D eigenvalue weighted by Crippen LogP contribution is -2.32. The highest BCUT2D eigenvalue weighted by atomic mass is 16.4. The molecule has 0 aromatic heterocycles. The van der Waals surface area contributed by atoms with Gasteiger partial charge in [-0.1, -0.05) is 12.1 Å². The normalized spacial score (nSPS) is 11.8. The van der Waals surface area contributed by atoms with E-state index >= 15 is 0 Å². The van der Waals surface area contributed by atoms with Crippen LogP contribution in [0.15, 0.2) is 24.3 Å². The van der Waals surface area contributed by atoms with Gasteiger partial charge in [0, 0.05) is 5.69 Å². The van der Waals surface area contributed by atoms with Crippen LogP contribution in [0.1, 0.15) is 5.56 Å². The quantitative estimate of drug-likeness (QED) is 0.560. The van der Waals surface area contributed by atoms with Crippen molar-refractivity contribution in [1.29, 1.82) is 0 Å². The van der Waals surface area contributed by atoms with Gasteiger partial charge in [0.2, 0.25) is 0 Å². The van der Waals surface area contributed by atoms with Gasteiger partial charge in [-0.25, -0.2) is 0 Å². The summed E-state index contributed by atoms with van der Waals surface area (Å²) < 4.78 is 0. The molecule has 6 heteroatoms. The monoisotopic (exact) mass is 238 g/mol. The maximum Gasteiger partial charge on any atom is 0.322 e. The Morgan fingerprint density at radius 3 is 2.65 bits per heavy atom. The van der Waals surface area contributed by atoms with Crippen LogP contribution in [0.4, 0.5) is 5.69 Å². The Labute approximate surface area is 98.1 Å². The van der Waals surface area contributed by atoms with Gasteiger partial charge in [0.25, 0.3) is 0 Å². The lowest BCUT2D eigenvalue weighted by Gasteiger charge is -2.09. The van der Waals surface area contributed by atoms with Gasteiger partial charge in [-0.15, -0.1) is 0 Å². The smallest absolute Gasteiger partial charge is 0.322 e. The highest BCUT2D eigenvalue weighted by Gasteiger charge is 2.12. The minimum Gasteiger partial charge on any atom is -0.480 e. The summed E-state index contributed by atoms with van der Waals surface area (Å²) in [6, 6.07) is 5.90. The number of aliphatic carboxylic acids is 2. The number of anilines is 1. The summed E-state index contributed by atoms with van der Waals surface area (Å²) in [6.07, 6.45) is 0.206. The molecule has 0 aliphatic carbocycles. The zero-order chi connectivity index (χ0) is 12.8. The van der Waals surface area contributed by atoms with E-state index in [1.165, 1.54) is 0 Å². The van der Waals surface area contributed by atoms with Crippen molar-refractivity contribution in [3.05, 3.63) is 29.8 Å². The first kappa shape index (κ1) is 13.0. The first-order chi connectivity index (χ1) is 7.99. The van der Waals surface area contributed by atoms with Crippen LogP contribution in [0.2, 0.25) is 0 Å². The lowest BCUT2D eigenvalue weighted by atomic mass is 10.1. The molecule has 0 aliphatic heterocycles. The fourth-order valence-corrected chi connectivity index (χ4v) is 1.33. The average Bonchev–Trinajstić information content (AvgIpc) is 2.26. The lowest BCUT2D eigenvalue weighted by molar-refractivity contribution is -0.138. The van der Waals surface area contributed by atoms with Crippen LogP contribution in [-0.2, 0) is 16.0 Å². The van der Waals surface area contributed by atoms with Crippen molar-refractivity contribution < 1.29 is 19.8 Å². The van der Waals surface area contributed by atoms with Crippen LogP contribution < -0.4 is 11.1 Å². The molecule has 1 atom stereocenters. The summed E-state index contributed by atoms with van der Waals surface area (Å²) in [5, 5.41) is 19.9. The molecule has 0 fully saturated rings. The first-order valence-corrected chi connectivity index (χ1v) is 5.02. The van der Waals surface area contributed by atoms with E-state index in [4.69, 9.17) is 15.9 Å². The number of benzene rings is 1. The van der Waals surface area contributed by atoms with E-state index in [2.05, 4.69) is 5.32 Å². The van der Waals surface area contributed by atoms with E-state index in [1.807, 2.05) is 0 Å². The van der Waals surface area contributed by atoms with E-state index in [-0.39, 0.29) is 13.0 Å². The molecule has 0 spiro atoms. The minimum absolute atomic E-state index is 0.186. The molecule has 0 saturated carbocycles. The van der Waals surface area contributed by atoms with Crippen LogP contribution >= 0.6 is 0 Å². The van der Waals surface area contributed by atoms with Crippen molar-refractivity contribution in [2.75, 3.05) is 11.9 Å². The minimum atomic E-state index is -1.06. The molecule has 0 heterocycles. The summed E-state index contributed by atoms with van der Waals surface area (Å²) in [4.78, 5) is 20.9. The van der Waals surface area contributed by atoms with Gasteiger partial charge in [0.1, 0.15) is 12.6 Å². The van der Waals surface area contributed by atoms with Gasteiger partial charge in [0.05, 0.1) is 0 Å². The van der Waals surface area contributed by atoms with E-state index in [9.17, 15) is 9.59 Å². The van der Waals surface area contributed by atoms with Crippen LogP contribution in [-0.4, -0.2) is 34.7 Å².